The van der Waals surface area contributed by atoms with Gasteiger partial charge in [-0.15, -0.1) is 5.10 Å². The van der Waals surface area contributed by atoms with Crippen molar-refractivity contribution >= 4 is 0 Å². The van der Waals surface area contributed by atoms with Crippen molar-refractivity contribution < 1.29 is 4.74 Å². The number of ether oxygens (including phenoxy) is 1. The van der Waals surface area contributed by atoms with Gasteiger partial charge in [0.2, 0.25) is 0 Å². The van der Waals surface area contributed by atoms with Gasteiger partial charge in [-0.2, -0.15) is 5.26 Å². The third kappa shape index (κ3) is 3.58. The zero-order chi connectivity index (χ0) is 16.8. The third-order valence-electron chi connectivity index (χ3n) is 3.57. The lowest BCUT2D eigenvalue weighted by Crippen LogP contribution is -2.07. The number of aromatic nitrogens is 4. The maximum absolute atomic E-state index is 9.23. The number of benzene rings is 1. The summed E-state index contributed by atoms with van der Waals surface area (Å²) in [5, 5.41) is 17.3. The fourth-order valence-electron chi connectivity index (χ4n) is 2.45. The van der Waals surface area contributed by atoms with Crippen molar-refractivity contribution in [2.75, 3.05) is 6.61 Å². The molecule has 0 amide bonds. The molecule has 0 unspecified atom stereocenters. The van der Waals surface area contributed by atoms with Gasteiger partial charge in [0, 0.05) is 30.9 Å². The summed E-state index contributed by atoms with van der Waals surface area (Å²) in [5.41, 5.74) is 3.09. The van der Waals surface area contributed by atoms with Gasteiger partial charge in [-0.05, 0) is 36.8 Å². The predicted molar refractivity (Wildman–Crippen MR) is 89.3 cm³/mol. The molecule has 120 valence electrons. The topological polar surface area (TPSA) is 76.6 Å². The molecule has 0 atom stereocenters. The molecule has 2 aromatic heterocycles. The first-order valence-corrected chi connectivity index (χ1v) is 7.71. The van der Waals surface area contributed by atoms with Gasteiger partial charge in [-0.1, -0.05) is 17.3 Å². The van der Waals surface area contributed by atoms with E-state index in [1.54, 1.807) is 17.1 Å². The van der Waals surface area contributed by atoms with Crippen LogP contribution in [0.4, 0.5) is 0 Å². The Morgan fingerprint density at radius 3 is 2.79 bits per heavy atom. The molecule has 6 nitrogen and oxygen atoms in total. The van der Waals surface area contributed by atoms with Gasteiger partial charge in [0.25, 0.3) is 0 Å². The van der Waals surface area contributed by atoms with Gasteiger partial charge >= 0.3 is 0 Å². The second-order valence-corrected chi connectivity index (χ2v) is 5.38. The number of nitrogens with zero attached hydrogens (tertiary/aromatic N) is 5. The van der Waals surface area contributed by atoms with Crippen molar-refractivity contribution in [3.63, 3.8) is 0 Å². The Bertz CT molecular complexity index is 851. The van der Waals surface area contributed by atoms with Crippen molar-refractivity contribution in [2.24, 2.45) is 0 Å². The Morgan fingerprint density at radius 1 is 1.21 bits per heavy atom. The van der Waals surface area contributed by atoms with Crippen LogP contribution in [-0.4, -0.2) is 26.6 Å². The molecule has 0 saturated carbocycles. The van der Waals surface area contributed by atoms with Crippen LogP contribution in [0, 0.1) is 18.3 Å². The van der Waals surface area contributed by atoms with E-state index < -0.39 is 0 Å². The van der Waals surface area contributed by atoms with Crippen LogP contribution in [0.5, 0.6) is 5.75 Å². The lowest BCUT2D eigenvalue weighted by Gasteiger charge is -2.08. The highest BCUT2D eigenvalue weighted by Crippen LogP contribution is 2.21. The standard InChI is InChI=1S/C18H17N5O/c1-14-4-2-5-16(12-14)24-11-3-10-23-18(17(13-19)21-22-23)15-6-8-20-9-7-15/h2,4-9,12H,3,10-11H2,1H3. The van der Waals surface area contributed by atoms with Gasteiger partial charge in [-0.25, -0.2) is 4.68 Å². The number of hydrogen-bond acceptors (Lipinski definition) is 5. The van der Waals surface area contributed by atoms with Gasteiger partial charge in [0.1, 0.15) is 17.5 Å². The van der Waals surface area contributed by atoms with Crippen molar-refractivity contribution in [3.8, 4) is 23.1 Å². The van der Waals surface area contributed by atoms with Crippen LogP contribution in [0.25, 0.3) is 11.3 Å². The highest BCUT2D eigenvalue weighted by molar-refractivity contribution is 5.64. The average molecular weight is 319 g/mol. The highest BCUT2D eigenvalue weighted by atomic mass is 16.5. The van der Waals surface area contributed by atoms with E-state index >= 15 is 0 Å². The Balaban J connectivity index is 1.66. The molecule has 0 spiro atoms. The van der Waals surface area contributed by atoms with Crippen LogP contribution >= 0.6 is 0 Å². The van der Waals surface area contributed by atoms with Crippen LogP contribution in [-0.2, 0) is 6.54 Å². The summed E-state index contributed by atoms with van der Waals surface area (Å²) >= 11 is 0. The molecule has 0 bridgehead atoms. The number of pyridine rings is 1. The minimum atomic E-state index is 0.320. The van der Waals surface area contributed by atoms with Crippen LogP contribution < -0.4 is 4.74 Å². The Kier molecular flexibility index (Phi) is 4.82. The number of rotatable bonds is 6. The van der Waals surface area contributed by atoms with Crippen LogP contribution in [0.3, 0.4) is 0 Å². The highest BCUT2D eigenvalue weighted by Gasteiger charge is 2.14. The third-order valence-corrected chi connectivity index (χ3v) is 3.57. The van der Waals surface area contributed by atoms with Crippen molar-refractivity contribution in [3.05, 3.63) is 60.0 Å². The largest absolute Gasteiger partial charge is 0.494 e. The van der Waals surface area contributed by atoms with E-state index in [0.717, 1.165) is 23.4 Å². The second kappa shape index (κ2) is 7.38. The van der Waals surface area contributed by atoms with E-state index in [1.807, 2.05) is 43.3 Å². The first-order valence-electron chi connectivity index (χ1n) is 7.71. The Morgan fingerprint density at radius 2 is 2.04 bits per heavy atom. The molecular weight excluding hydrogens is 302 g/mol. The maximum atomic E-state index is 9.23. The number of hydrogen-bond donors (Lipinski definition) is 0. The maximum Gasteiger partial charge on any atom is 0.190 e. The summed E-state index contributed by atoms with van der Waals surface area (Å²) in [6.07, 6.45) is 4.14. The molecule has 24 heavy (non-hydrogen) atoms. The monoisotopic (exact) mass is 319 g/mol. The normalized spacial score (nSPS) is 10.3. The summed E-state index contributed by atoms with van der Waals surface area (Å²) < 4.78 is 7.49. The SMILES string of the molecule is Cc1cccc(OCCCn2nnc(C#N)c2-c2ccncc2)c1. The molecule has 0 fully saturated rings. The van der Waals surface area contributed by atoms with E-state index in [4.69, 9.17) is 4.74 Å². The summed E-state index contributed by atoms with van der Waals surface area (Å²) in [4.78, 5) is 4.00. The summed E-state index contributed by atoms with van der Waals surface area (Å²) in [6.45, 7) is 3.23. The molecule has 1 aromatic carbocycles. The van der Waals surface area contributed by atoms with Gasteiger partial charge in [0.15, 0.2) is 5.69 Å². The smallest absolute Gasteiger partial charge is 0.190 e. The quantitative estimate of drug-likeness (QED) is 0.653. The molecule has 2 heterocycles. The van der Waals surface area contributed by atoms with E-state index in [1.165, 1.54) is 5.56 Å². The summed E-state index contributed by atoms with van der Waals surface area (Å²) in [7, 11) is 0. The molecule has 3 rings (SSSR count). The van der Waals surface area contributed by atoms with Gasteiger partial charge in [0.05, 0.1) is 6.61 Å². The predicted octanol–water partition coefficient (Wildman–Crippen LogP) is 2.99. The molecule has 0 N–H and O–H groups in total. The lowest BCUT2D eigenvalue weighted by atomic mass is 10.1. The molecule has 0 aliphatic heterocycles. The Labute approximate surface area is 140 Å². The minimum Gasteiger partial charge on any atom is -0.494 e. The van der Waals surface area contributed by atoms with E-state index in [9.17, 15) is 5.26 Å². The summed E-state index contributed by atoms with van der Waals surface area (Å²) in [5.74, 6) is 0.862. The first kappa shape index (κ1) is 15.7. The molecule has 6 heteroatoms. The van der Waals surface area contributed by atoms with E-state index in [-0.39, 0.29) is 0 Å². The van der Waals surface area contributed by atoms with Crippen molar-refractivity contribution in [2.45, 2.75) is 19.9 Å². The molecule has 0 aliphatic rings. The fraction of sp³-hybridized carbons (Fsp3) is 0.222. The molecule has 0 saturated heterocycles. The van der Waals surface area contributed by atoms with Gasteiger partial charge < -0.3 is 4.74 Å². The van der Waals surface area contributed by atoms with Crippen LogP contribution in [0.2, 0.25) is 0 Å². The van der Waals surface area contributed by atoms with E-state index in [0.29, 0.717) is 18.8 Å². The molecular formula is C18H17N5O. The number of nitriles is 1. The van der Waals surface area contributed by atoms with Crippen molar-refractivity contribution in [1.29, 1.82) is 5.26 Å². The van der Waals surface area contributed by atoms with Crippen molar-refractivity contribution in [1.82, 2.24) is 20.0 Å². The minimum absolute atomic E-state index is 0.320. The average Bonchev–Trinajstić information content (AvgIpc) is 3.02. The zero-order valence-electron chi connectivity index (χ0n) is 13.4. The molecule has 3 aromatic rings. The lowest BCUT2D eigenvalue weighted by molar-refractivity contribution is 0.298. The van der Waals surface area contributed by atoms with Crippen LogP contribution in [0.1, 0.15) is 17.7 Å². The van der Waals surface area contributed by atoms with E-state index in [2.05, 4.69) is 21.4 Å². The molecule has 0 aliphatic carbocycles. The van der Waals surface area contributed by atoms with Crippen LogP contribution in [0.15, 0.2) is 48.8 Å². The van der Waals surface area contributed by atoms with Gasteiger partial charge in [-0.3, -0.25) is 4.98 Å². The second-order valence-electron chi connectivity index (χ2n) is 5.38. The first-order chi connectivity index (χ1) is 11.8. The summed E-state index contributed by atoms with van der Waals surface area (Å²) in [6, 6.07) is 13.7. The molecule has 0 radical (unpaired) electrons. The number of aryl methyl sites for hydroxylation is 2. The zero-order valence-corrected chi connectivity index (χ0v) is 13.4. The Hall–Kier alpha value is -3.20. The fourth-order valence-corrected chi connectivity index (χ4v) is 2.45.